The molecule has 0 atom stereocenters. The summed E-state index contributed by atoms with van der Waals surface area (Å²) in [6.45, 7) is 2.78. The fourth-order valence-corrected chi connectivity index (χ4v) is 5.34. The Morgan fingerprint density at radius 3 is 2.77 bits per heavy atom. The number of hydrogen-bond donors (Lipinski definition) is 0. The first-order valence-corrected chi connectivity index (χ1v) is 10.3. The molecule has 3 aromatic heterocycles. The van der Waals surface area contributed by atoms with Crippen molar-refractivity contribution in [2.75, 3.05) is 0 Å². The average molecular weight is 377 g/mol. The molecule has 4 heterocycles. The van der Waals surface area contributed by atoms with Gasteiger partial charge in [-0.15, -0.1) is 22.7 Å². The largest absolute Gasteiger partial charge is 0.292 e. The Bertz CT molecular complexity index is 1200. The summed E-state index contributed by atoms with van der Waals surface area (Å²) in [5.74, 6) is 0.830. The van der Waals surface area contributed by atoms with Gasteiger partial charge < -0.3 is 0 Å². The van der Waals surface area contributed by atoms with Crippen LogP contribution in [0.25, 0.3) is 33.0 Å². The van der Waals surface area contributed by atoms with Gasteiger partial charge in [-0.05, 0) is 42.0 Å². The maximum absolute atomic E-state index is 13.3. The first-order valence-electron chi connectivity index (χ1n) is 8.56. The van der Waals surface area contributed by atoms with Gasteiger partial charge in [-0.1, -0.05) is 36.4 Å². The quantitative estimate of drug-likeness (QED) is 0.467. The van der Waals surface area contributed by atoms with Gasteiger partial charge in [0.2, 0.25) is 0 Å². The summed E-state index contributed by atoms with van der Waals surface area (Å²) in [4.78, 5) is 21.4. The van der Waals surface area contributed by atoms with Gasteiger partial charge in [0.25, 0.3) is 5.56 Å². The van der Waals surface area contributed by atoms with E-state index in [9.17, 15) is 4.79 Å². The molecule has 0 amide bonds. The van der Waals surface area contributed by atoms with Crippen LogP contribution in [0.5, 0.6) is 0 Å². The van der Waals surface area contributed by atoms with E-state index < -0.39 is 0 Å². The molecule has 1 aliphatic rings. The summed E-state index contributed by atoms with van der Waals surface area (Å²) in [6.07, 6.45) is 3.03. The lowest BCUT2D eigenvalue weighted by Gasteiger charge is -2.05. The first kappa shape index (κ1) is 15.7. The molecule has 3 nitrogen and oxygen atoms in total. The Labute approximate surface area is 158 Å². The van der Waals surface area contributed by atoms with Crippen molar-refractivity contribution in [3.8, 4) is 11.1 Å². The lowest BCUT2D eigenvalue weighted by molar-refractivity contribution is 0.726. The third-order valence-electron chi connectivity index (χ3n) is 4.80. The van der Waals surface area contributed by atoms with Crippen molar-refractivity contribution in [1.29, 1.82) is 0 Å². The second-order valence-electron chi connectivity index (χ2n) is 6.41. The molecule has 0 unspecified atom stereocenters. The van der Waals surface area contributed by atoms with E-state index >= 15 is 0 Å². The predicted octanol–water partition coefficient (Wildman–Crippen LogP) is 5.44. The molecule has 26 heavy (non-hydrogen) atoms. The molecule has 1 aliphatic heterocycles. The molecule has 128 valence electrons. The highest BCUT2D eigenvalue weighted by atomic mass is 32.1. The molecule has 5 rings (SSSR count). The second-order valence-corrected chi connectivity index (χ2v) is 8.59. The molecule has 0 bridgehead atoms. The van der Waals surface area contributed by atoms with Crippen LogP contribution < -0.4 is 5.56 Å². The third-order valence-corrected chi connectivity index (χ3v) is 6.62. The van der Waals surface area contributed by atoms with Crippen LogP contribution in [0.4, 0.5) is 0 Å². The number of thiophene rings is 2. The topological polar surface area (TPSA) is 34.9 Å². The molecule has 1 aromatic carbocycles. The SMILES string of the molecule is Cc1sc2nc3n(c(=O)c2c1-c1ccccc1)CC/C3=C/c1cccs1. The summed E-state index contributed by atoms with van der Waals surface area (Å²) in [6, 6.07) is 14.3. The highest BCUT2D eigenvalue weighted by Crippen LogP contribution is 2.37. The summed E-state index contributed by atoms with van der Waals surface area (Å²) in [5, 5.41) is 2.83. The molecule has 0 saturated carbocycles. The summed E-state index contributed by atoms with van der Waals surface area (Å²) in [7, 11) is 0. The van der Waals surface area contributed by atoms with Gasteiger partial charge >= 0.3 is 0 Å². The zero-order valence-electron chi connectivity index (χ0n) is 14.2. The van der Waals surface area contributed by atoms with E-state index in [1.165, 1.54) is 4.88 Å². The number of aromatic nitrogens is 2. The average Bonchev–Trinajstić information content (AvgIpc) is 3.36. The molecule has 0 aliphatic carbocycles. The first-order chi connectivity index (χ1) is 12.7. The number of nitrogens with zero attached hydrogens (tertiary/aromatic N) is 2. The maximum atomic E-state index is 13.3. The number of fused-ring (bicyclic) bond motifs is 2. The molecule has 0 N–H and O–H groups in total. The summed E-state index contributed by atoms with van der Waals surface area (Å²) >= 11 is 3.32. The Morgan fingerprint density at radius 2 is 2.00 bits per heavy atom. The Hall–Kier alpha value is -2.50. The van der Waals surface area contributed by atoms with Gasteiger partial charge in [0.15, 0.2) is 0 Å². The van der Waals surface area contributed by atoms with Crippen molar-refractivity contribution >= 4 is 44.5 Å². The van der Waals surface area contributed by atoms with E-state index in [0.29, 0.717) is 6.54 Å². The smallest absolute Gasteiger partial charge is 0.263 e. The van der Waals surface area contributed by atoms with Gasteiger partial charge in [-0.25, -0.2) is 4.98 Å². The van der Waals surface area contributed by atoms with Crippen LogP contribution in [0.1, 0.15) is 22.0 Å². The van der Waals surface area contributed by atoms with Crippen LogP contribution in [-0.2, 0) is 6.54 Å². The number of benzene rings is 1. The summed E-state index contributed by atoms with van der Waals surface area (Å²) in [5.41, 5.74) is 3.36. The Morgan fingerprint density at radius 1 is 1.15 bits per heavy atom. The van der Waals surface area contributed by atoms with Gasteiger partial charge in [-0.3, -0.25) is 9.36 Å². The van der Waals surface area contributed by atoms with E-state index in [4.69, 9.17) is 4.98 Å². The van der Waals surface area contributed by atoms with Crippen molar-refractivity contribution in [3.05, 3.63) is 73.8 Å². The minimum atomic E-state index is 0.0859. The van der Waals surface area contributed by atoms with Crippen molar-refractivity contribution in [2.24, 2.45) is 0 Å². The number of hydrogen-bond acceptors (Lipinski definition) is 4. The summed E-state index contributed by atoms with van der Waals surface area (Å²) < 4.78 is 1.85. The normalized spacial score (nSPS) is 15.0. The zero-order chi connectivity index (χ0) is 17.7. The molecule has 0 saturated heterocycles. The van der Waals surface area contributed by atoms with E-state index in [-0.39, 0.29) is 5.56 Å². The monoisotopic (exact) mass is 376 g/mol. The van der Waals surface area contributed by atoms with Gasteiger partial charge in [0, 0.05) is 21.9 Å². The standard InChI is InChI=1S/C21H16N2OS2/c1-13-17(14-6-3-2-4-7-14)18-20(26-13)22-19-15(9-10-23(19)21(18)24)12-16-8-5-11-25-16/h2-8,11-12H,9-10H2,1H3/b15-12-. The van der Waals surface area contributed by atoms with E-state index in [0.717, 1.165) is 44.0 Å². The molecular weight excluding hydrogens is 360 g/mol. The lowest BCUT2D eigenvalue weighted by Crippen LogP contribution is -2.20. The zero-order valence-corrected chi connectivity index (χ0v) is 15.9. The second kappa shape index (κ2) is 6.04. The Kier molecular flexibility index (Phi) is 3.65. The number of rotatable bonds is 2. The van der Waals surface area contributed by atoms with Crippen molar-refractivity contribution in [3.63, 3.8) is 0 Å². The number of aryl methyl sites for hydroxylation is 1. The minimum Gasteiger partial charge on any atom is -0.292 e. The molecule has 4 aromatic rings. The molecule has 5 heteroatoms. The number of allylic oxidation sites excluding steroid dienone is 1. The fraction of sp³-hybridized carbons (Fsp3) is 0.143. The van der Waals surface area contributed by atoms with E-state index in [1.807, 2.05) is 28.8 Å². The highest BCUT2D eigenvalue weighted by Gasteiger charge is 2.24. The van der Waals surface area contributed by atoms with Crippen LogP contribution in [0.15, 0.2) is 52.6 Å². The fourth-order valence-electron chi connectivity index (χ4n) is 3.63. The predicted molar refractivity (Wildman–Crippen MR) is 111 cm³/mol. The van der Waals surface area contributed by atoms with Gasteiger partial charge in [-0.2, -0.15) is 0 Å². The molecular formula is C21H16N2OS2. The van der Waals surface area contributed by atoms with Crippen LogP contribution in [0, 0.1) is 6.92 Å². The minimum absolute atomic E-state index is 0.0859. The van der Waals surface area contributed by atoms with Gasteiger partial charge in [0.05, 0.1) is 5.39 Å². The van der Waals surface area contributed by atoms with Crippen molar-refractivity contribution in [2.45, 2.75) is 19.9 Å². The van der Waals surface area contributed by atoms with Crippen molar-refractivity contribution in [1.82, 2.24) is 9.55 Å². The maximum Gasteiger partial charge on any atom is 0.263 e. The molecule has 0 radical (unpaired) electrons. The van der Waals surface area contributed by atoms with Crippen LogP contribution in [0.3, 0.4) is 0 Å². The lowest BCUT2D eigenvalue weighted by atomic mass is 10.0. The van der Waals surface area contributed by atoms with Gasteiger partial charge in [0.1, 0.15) is 10.7 Å². The molecule has 0 spiro atoms. The molecule has 0 fully saturated rings. The van der Waals surface area contributed by atoms with Crippen LogP contribution in [-0.4, -0.2) is 9.55 Å². The van der Waals surface area contributed by atoms with Crippen LogP contribution in [0.2, 0.25) is 0 Å². The van der Waals surface area contributed by atoms with E-state index in [2.05, 4.69) is 36.6 Å². The van der Waals surface area contributed by atoms with E-state index in [1.54, 1.807) is 22.7 Å². The van der Waals surface area contributed by atoms with Crippen LogP contribution >= 0.6 is 22.7 Å². The van der Waals surface area contributed by atoms with Crippen molar-refractivity contribution < 1.29 is 0 Å². The Balaban J connectivity index is 1.76. The third kappa shape index (κ3) is 2.39. The highest BCUT2D eigenvalue weighted by molar-refractivity contribution is 7.19.